The highest BCUT2D eigenvalue weighted by atomic mass is 31.2. The number of rotatable bonds is 63. The van der Waals surface area contributed by atoms with Crippen LogP contribution in [0.4, 0.5) is 0 Å². The Balaban J connectivity index is 5.24. The smallest absolute Gasteiger partial charge is 0.462 e. The predicted molar refractivity (Wildman–Crippen MR) is 335 cm³/mol. The lowest BCUT2D eigenvalue weighted by Crippen LogP contribution is -2.30. The fourth-order valence-corrected chi connectivity index (χ4v) is 11.2. The number of carbonyl (C=O) groups is 4. The summed E-state index contributed by atoms with van der Waals surface area (Å²) in [6, 6.07) is 0. The zero-order valence-corrected chi connectivity index (χ0v) is 56.1. The van der Waals surface area contributed by atoms with Crippen LogP contribution in [0.25, 0.3) is 0 Å². The number of hydrogen-bond acceptors (Lipinski definition) is 15. The molecule has 5 atom stereocenters. The van der Waals surface area contributed by atoms with Gasteiger partial charge in [-0.25, -0.2) is 9.13 Å². The second kappa shape index (κ2) is 56.3. The van der Waals surface area contributed by atoms with E-state index < -0.39 is 97.5 Å². The lowest BCUT2D eigenvalue weighted by atomic mass is 10.0. The summed E-state index contributed by atoms with van der Waals surface area (Å²) in [5.74, 6) is 0.0724. The average Bonchev–Trinajstić information content (AvgIpc) is 3.45. The van der Waals surface area contributed by atoms with Gasteiger partial charge in [-0.2, -0.15) is 0 Å². The number of hydrogen-bond donors (Lipinski definition) is 3. The molecule has 0 bridgehead atoms. The van der Waals surface area contributed by atoms with Gasteiger partial charge in [-0.3, -0.25) is 37.3 Å². The van der Waals surface area contributed by atoms with Crippen LogP contribution < -0.4 is 0 Å². The number of esters is 4. The SMILES string of the molecule is CCCCCCCCCCC(=O)OC[C@H](COP(=O)(O)OC[C@H](O)COP(=O)(O)OC[C@@H](COC(=O)CCCCCCCCCCC(C)C)OC(=O)CCCCCCCCCCCCCC(C)C)OC(=O)CCCCCCCCCCC(C)C. The summed E-state index contributed by atoms with van der Waals surface area (Å²) in [5, 5.41) is 10.5. The van der Waals surface area contributed by atoms with Gasteiger partial charge in [-0.1, -0.05) is 267 Å². The maximum atomic E-state index is 13.0. The van der Waals surface area contributed by atoms with Crippen molar-refractivity contribution in [2.75, 3.05) is 39.6 Å². The van der Waals surface area contributed by atoms with Crippen LogP contribution in [0, 0.1) is 17.8 Å². The van der Waals surface area contributed by atoms with Crippen molar-refractivity contribution in [3.8, 4) is 0 Å². The molecule has 17 nitrogen and oxygen atoms in total. The molecule has 0 radical (unpaired) electrons. The summed E-state index contributed by atoms with van der Waals surface area (Å²) in [4.78, 5) is 72.2. The quantitative estimate of drug-likeness (QED) is 0.0222. The molecule has 0 aliphatic heterocycles. The lowest BCUT2D eigenvalue weighted by molar-refractivity contribution is -0.161. The molecule has 0 rings (SSSR count). The van der Waals surface area contributed by atoms with E-state index in [1.54, 1.807) is 0 Å². The summed E-state index contributed by atoms with van der Waals surface area (Å²) < 4.78 is 68.0. The fraction of sp³-hybridized carbons (Fsp3) is 0.938. The van der Waals surface area contributed by atoms with Gasteiger partial charge in [0.25, 0.3) is 0 Å². The van der Waals surface area contributed by atoms with Crippen molar-refractivity contribution in [1.82, 2.24) is 0 Å². The van der Waals surface area contributed by atoms with Crippen molar-refractivity contribution in [3.63, 3.8) is 0 Å². The molecule has 0 spiro atoms. The van der Waals surface area contributed by atoms with Gasteiger partial charge in [0.2, 0.25) is 0 Å². The summed E-state index contributed by atoms with van der Waals surface area (Å²) in [6.07, 6.45) is 37.7. The molecule has 0 aromatic rings. The highest BCUT2D eigenvalue weighted by Gasteiger charge is 2.30. The van der Waals surface area contributed by atoms with Crippen LogP contribution in [0.15, 0.2) is 0 Å². The summed E-state index contributed by atoms with van der Waals surface area (Å²) in [6.45, 7) is 11.7. The summed E-state index contributed by atoms with van der Waals surface area (Å²) in [7, 11) is -9.89. The van der Waals surface area contributed by atoms with E-state index in [9.17, 15) is 43.2 Å². The van der Waals surface area contributed by atoms with E-state index in [0.29, 0.717) is 25.7 Å². The van der Waals surface area contributed by atoms with Crippen LogP contribution >= 0.6 is 15.6 Å². The van der Waals surface area contributed by atoms with E-state index in [0.717, 1.165) is 114 Å². The van der Waals surface area contributed by atoms with Gasteiger partial charge in [0.05, 0.1) is 26.4 Å². The van der Waals surface area contributed by atoms with Gasteiger partial charge in [-0.05, 0) is 43.4 Å². The average molecular weight is 1240 g/mol. The Morgan fingerprint density at radius 2 is 0.548 bits per heavy atom. The molecule has 0 aromatic carbocycles. The van der Waals surface area contributed by atoms with Crippen molar-refractivity contribution in [1.29, 1.82) is 0 Å². The Bertz CT molecular complexity index is 1660. The maximum Gasteiger partial charge on any atom is 0.472 e. The second-order valence-electron chi connectivity index (χ2n) is 24.9. The molecule has 498 valence electrons. The summed E-state index contributed by atoms with van der Waals surface area (Å²) in [5.41, 5.74) is 0. The van der Waals surface area contributed by atoms with Crippen molar-refractivity contribution in [2.24, 2.45) is 17.8 Å². The maximum absolute atomic E-state index is 13.0. The molecule has 0 saturated heterocycles. The molecule has 0 aromatic heterocycles. The van der Waals surface area contributed by atoms with Crippen LogP contribution in [0.3, 0.4) is 0 Å². The minimum Gasteiger partial charge on any atom is -0.462 e. The molecule has 0 saturated carbocycles. The van der Waals surface area contributed by atoms with E-state index in [1.165, 1.54) is 122 Å². The van der Waals surface area contributed by atoms with E-state index in [2.05, 4.69) is 48.5 Å². The van der Waals surface area contributed by atoms with Gasteiger partial charge >= 0.3 is 39.5 Å². The molecular formula is C65H126O17P2. The highest BCUT2D eigenvalue weighted by Crippen LogP contribution is 2.45. The molecule has 0 fully saturated rings. The number of unbranched alkanes of at least 4 members (excludes halogenated alkanes) is 31. The molecule has 2 unspecified atom stereocenters. The number of phosphoric acid groups is 2. The molecule has 0 aliphatic carbocycles. The van der Waals surface area contributed by atoms with E-state index in [1.807, 2.05) is 0 Å². The van der Waals surface area contributed by atoms with Gasteiger partial charge in [0.1, 0.15) is 19.3 Å². The monoisotopic (exact) mass is 1240 g/mol. The Kier molecular flexibility index (Phi) is 55.0. The summed E-state index contributed by atoms with van der Waals surface area (Å²) >= 11 is 0. The molecule has 0 heterocycles. The highest BCUT2D eigenvalue weighted by molar-refractivity contribution is 7.47. The van der Waals surface area contributed by atoms with Crippen LogP contribution in [-0.2, 0) is 65.4 Å². The first-order valence-electron chi connectivity index (χ1n) is 33.8. The van der Waals surface area contributed by atoms with Crippen LogP contribution in [0.2, 0.25) is 0 Å². The Morgan fingerprint density at radius 1 is 0.321 bits per heavy atom. The number of aliphatic hydroxyl groups is 1. The minimum absolute atomic E-state index is 0.104. The normalized spacial score (nSPS) is 14.3. The third-order valence-electron chi connectivity index (χ3n) is 14.9. The standard InChI is InChI=1S/C65H126O17P2/c1-8-9-10-11-12-25-32-39-46-62(67)75-52-60(82-65(70)49-42-35-28-21-19-24-31-38-45-58(6)7)54-79-83(71,72)77-50-59(66)51-78-84(73,74)80-55-61(53-76-63(68)47-40-33-26-20-18-23-30-37-44-57(4)5)81-64(69)48-41-34-27-17-15-13-14-16-22-29-36-43-56(2)3/h56-61,66H,8-55H2,1-7H3,(H,71,72)(H,73,74)/t59-,60+,61+/m0/s1. The number of ether oxygens (including phenoxy) is 4. The van der Waals surface area contributed by atoms with Gasteiger partial charge in [0.15, 0.2) is 12.2 Å². The van der Waals surface area contributed by atoms with E-state index in [4.69, 9.17) is 37.0 Å². The molecule has 0 amide bonds. The Morgan fingerprint density at radius 3 is 0.810 bits per heavy atom. The largest absolute Gasteiger partial charge is 0.472 e. The zero-order valence-electron chi connectivity index (χ0n) is 54.4. The topological polar surface area (TPSA) is 237 Å². The number of aliphatic hydroxyl groups excluding tert-OH is 1. The first-order chi connectivity index (χ1) is 40.2. The van der Waals surface area contributed by atoms with Crippen molar-refractivity contribution in [2.45, 2.75) is 336 Å². The van der Waals surface area contributed by atoms with Gasteiger partial charge < -0.3 is 33.8 Å². The Hall–Kier alpha value is -1.94. The van der Waals surface area contributed by atoms with Crippen molar-refractivity contribution >= 4 is 39.5 Å². The predicted octanol–water partition coefficient (Wildman–Crippen LogP) is 17.9. The van der Waals surface area contributed by atoms with Crippen LogP contribution in [0.5, 0.6) is 0 Å². The van der Waals surface area contributed by atoms with Crippen LogP contribution in [-0.4, -0.2) is 96.7 Å². The van der Waals surface area contributed by atoms with Gasteiger partial charge in [0, 0.05) is 25.7 Å². The molecule has 19 heteroatoms. The van der Waals surface area contributed by atoms with E-state index >= 15 is 0 Å². The second-order valence-corrected chi connectivity index (χ2v) is 27.8. The third-order valence-corrected chi connectivity index (χ3v) is 16.8. The molecule has 3 N–H and O–H groups in total. The molecule has 0 aliphatic rings. The number of phosphoric ester groups is 2. The Labute approximate surface area is 511 Å². The van der Waals surface area contributed by atoms with Gasteiger partial charge in [-0.15, -0.1) is 0 Å². The fourth-order valence-electron chi connectivity index (χ4n) is 9.66. The van der Waals surface area contributed by atoms with Crippen molar-refractivity contribution in [3.05, 3.63) is 0 Å². The van der Waals surface area contributed by atoms with Crippen molar-refractivity contribution < 1.29 is 80.2 Å². The van der Waals surface area contributed by atoms with E-state index in [-0.39, 0.29) is 25.7 Å². The lowest BCUT2D eigenvalue weighted by Gasteiger charge is -2.21. The minimum atomic E-state index is -4.95. The first kappa shape index (κ1) is 82.1. The number of carbonyl (C=O) groups excluding carboxylic acids is 4. The zero-order chi connectivity index (χ0) is 62.4. The molecular weight excluding hydrogens is 1110 g/mol. The third kappa shape index (κ3) is 59.0. The first-order valence-corrected chi connectivity index (χ1v) is 36.8. The molecule has 84 heavy (non-hydrogen) atoms. The van der Waals surface area contributed by atoms with Crippen LogP contribution in [0.1, 0.15) is 318 Å².